The van der Waals surface area contributed by atoms with Crippen LogP contribution in [0.2, 0.25) is 0 Å². The Hall–Kier alpha value is -1.71. The molecule has 0 aromatic heterocycles. The van der Waals surface area contributed by atoms with Crippen LogP contribution in [0.3, 0.4) is 0 Å². The lowest BCUT2D eigenvalue weighted by molar-refractivity contribution is -0.908. The molecule has 1 aliphatic rings. The van der Waals surface area contributed by atoms with Gasteiger partial charge in [0.15, 0.2) is 0 Å². The number of morpholine rings is 1. The molecular formula is C16H25FN3O4S+. The minimum Gasteiger partial charge on any atom is -0.370 e. The van der Waals surface area contributed by atoms with Crippen molar-refractivity contribution in [1.82, 2.24) is 5.32 Å². The van der Waals surface area contributed by atoms with Crippen molar-refractivity contribution in [3.8, 4) is 0 Å². The molecule has 1 heterocycles. The maximum Gasteiger partial charge on any atom is 0.240 e. The number of carbonyl (C=O) groups excluding carboxylic acids is 1. The molecule has 1 fully saturated rings. The molecule has 0 bridgehead atoms. The van der Waals surface area contributed by atoms with Crippen molar-refractivity contribution in [2.24, 2.45) is 0 Å². The van der Waals surface area contributed by atoms with Gasteiger partial charge in [-0.05, 0) is 12.1 Å². The van der Waals surface area contributed by atoms with Gasteiger partial charge in [0, 0.05) is 13.0 Å². The van der Waals surface area contributed by atoms with Crippen molar-refractivity contribution in [3.63, 3.8) is 0 Å². The number of nitrogens with one attached hydrogen (secondary N) is 2. The Kier molecular flexibility index (Phi) is 7.15. The fourth-order valence-corrected chi connectivity index (χ4v) is 3.55. The summed E-state index contributed by atoms with van der Waals surface area (Å²) in [5.74, 6) is -1.14. The number of nitrogens with zero attached hydrogens (tertiary/aromatic N) is 1. The highest BCUT2D eigenvalue weighted by molar-refractivity contribution is 7.92. The topological polar surface area (TPSA) is 80.2 Å². The van der Waals surface area contributed by atoms with E-state index in [0.29, 0.717) is 6.54 Å². The fourth-order valence-electron chi connectivity index (χ4n) is 2.70. The molecular weight excluding hydrogens is 349 g/mol. The average Bonchev–Trinajstić information content (AvgIpc) is 2.57. The summed E-state index contributed by atoms with van der Waals surface area (Å²) in [4.78, 5) is 13.5. The summed E-state index contributed by atoms with van der Waals surface area (Å²) in [6.07, 6.45) is 1.74. The van der Waals surface area contributed by atoms with Crippen molar-refractivity contribution >= 4 is 21.6 Å². The monoisotopic (exact) mass is 374 g/mol. The van der Waals surface area contributed by atoms with Gasteiger partial charge in [0.1, 0.15) is 25.5 Å². The van der Waals surface area contributed by atoms with Crippen molar-refractivity contribution in [2.75, 3.05) is 56.5 Å². The van der Waals surface area contributed by atoms with E-state index in [1.165, 1.54) is 23.1 Å². The number of rotatable bonds is 8. The van der Waals surface area contributed by atoms with E-state index in [1.54, 1.807) is 0 Å². The molecule has 7 nitrogen and oxygen atoms in total. The molecule has 0 aliphatic carbocycles. The Morgan fingerprint density at radius 1 is 1.32 bits per heavy atom. The first-order valence-electron chi connectivity index (χ1n) is 8.28. The number of para-hydroxylation sites is 1. The van der Waals surface area contributed by atoms with Gasteiger partial charge < -0.3 is 15.0 Å². The number of sulfonamides is 1. The van der Waals surface area contributed by atoms with Crippen LogP contribution in [0.25, 0.3) is 0 Å². The van der Waals surface area contributed by atoms with E-state index in [4.69, 9.17) is 4.74 Å². The smallest absolute Gasteiger partial charge is 0.240 e. The highest BCUT2D eigenvalue weighted by Gasteiger charge is 2.23. The molecule has 1 amide bonds. The van der Waals surface area contributed by atoms with Gasteiger partial charge in [0.05, 0.1) is 31.7 Å². The van der Waals surface area contributed by atoms with Crippen LogP contribution in [0, 0.1) is 5.82 Å². The zero-order valence-electron chi connectivity index (χ0n) is 14.3. The number of halogens is 1. The summed E-state index contributed by atoms with van der Waals surface area (Å²) in [6, 6.07) is 5.49. The van der Waals surface area contributed by atoms with Gasteiger partial charge >= 0.3 is 0 Å². The maximum atomic E-state index is 13.9. The summed E-state index contributed by atoms with van der Waals surface area (Å²) in [7, 11) is -3.77. The van der Waals surface area contributed by atoms with E-state index in [1.807, 2.05) is 0 Å². The molecule has 9 heteroatoms. The van der Waals surface area contributed by atoms with E-state index in [-0.39, 0.29) is 5.69 Å². The molecule has 0 unspecified atom stereocenters. The normalized spacial score (nSPS) is 15.8. The van der Waals surface area contributed by atoms with Gasteiger partial charge in [0.2, 0.25) is 15.9 Å². The van der Waals surface area contributed by atoms with E-state index in [9.17, 15) is 17.6 Å². The molecule has 1 saturated heterocycles. The van der Waals surface area contributed by atoms with Crippen LogP contribution < -0.4 is 14.5 Å². The number of carbonyl (C=O) groups is 1. The minimum absolute atomic E-state index is 0.127. The largest absolute Gasteiger partial charge is 0.370 e. The number of anilines is 1. The lowest BCUT2D eigenvalue weighted by atomic mass is 10.3. The first-order valence-corrected chi connectivity index (χ1v) is 10.1. The van der Waals surface area contributed by atoms with E-state index in [0.717, 1.165) is 55.9 Å². The Morgan fingerprint density at radius 2 is 2.00 bits per heavy atom. The Balaban J connectivity index is 1.84. The molecule has 1 aromatic carbocycles. The van der Waals surface area contributed by atoms with Crippen LogP contribution in [0.4, 0.5) is 10.1 Å². The highest BCUT2D eigenvalue weighted by atomic mass is 32.2. The predicted molar refractivity (Wildman–Crippen MR) is 92.6 cm³/mol. The SMILES string of the molecule is CS(=O)(=O)N(CC(=O)NCCC[NH+]1CCOCC1)c1ccccc1F. The van der Waals surface area contributed by atoms with E-state index >= 15 is 0 Å². The van der Waals surface area contributed by atoms with Crippen LogP contribution in [-0.4, -0.2) is 66.5 Å². The third-order valence-corrected chi connectivity index (χ3v) is 5.16. The van der Waals surface area contributed by atoms with Crippen LogP contribution in [-0.2, 0) is 19.6 Å². The van der Waals surface area contributed by atoms with Gasteiger partial charge in [-0.25, -0.2) is 12.8 Å². The van der Waals surface area contributed by atoms with Crippen molar-refractivity contribution < 1.29 is 27.2 Å². The molecule has 0 saturated carbocycles. The number of benzene rings is 1. The standard InChI is InChI=1S/C16H24FN3O4S/c1-25(22,23)20(15-6-3-2-5-14(15)17)13-16(21)18-7-4-8-19-9-11-24-12-10-19/h2-3,5-6H,4,7-13H2,1H3,(H,18,21)/p+1. The van der Waals surface area contributed by atoms with Crippen molar-refractivity contribution in [3.05, 3.63) is 30.1 Å². The number of quaternary nitrogens is 1. The molecule has 0 atom stereocenters. The van der Waals surface area contributed by atoms with E-state index in [2.05, 4.69) is 5.32 Å². The lowest BCUT2D eigenvalue weighted by Crippen LogP contribution is -3.14. The molecule has 25 heavy (non-hydrogen) atoms. The Bertz CT molecular complexity index is 678. The zero-order valence-corrected chi connectivity index (χ0v) is 15.1. The quantitative estimate of drug-likeness (QED) is 0.573. The van der Waals surface area contributed by atoms with Crippen LogP contribution in [0.1, 0.15) is 6.42 Å². The Labute approximate surface area is 147 Å². The highest BCUT2D eigenvalue weighted by Crippen LogP contribution is 2.20. The molecule has 1 aliphatic heterocycles. The second-order valence-electron chi connectivity index (χ2n) is 6.04. The molecule has 1 aromatic rings. The predicted octanol–water partition coefficient (Wildman–Crippen LogP) is -0.987. The number of ether oxygens (including phenoxy) is 1. The first kappa shape index (κ1) is 19.6. The summed E-state index contributed by atoms with van der Waals surface area (Å²) >= 11 is 0. The summed E-state index contributed by atoms with van der Waals surface area (Å²) in [5.41, 5.74) is -0.127. The van der Waals surface area contributed by atoms with Crippen LogP contribution in [0.5, 0.6) is 0 Å². The number of hydrogen-bond acceptors (Lipinski definition) is 4. The van der Waals surface area contributed by atoms with Crippen LogP contribution >= 0.6 is 0 Å². The molecule has 2 rings (SSSR count). The second kappa shape index (κ2) is 9.12. The maximum absolute atomic E-state index is 13.9. The number of amides is 1. The molecule has 0 spiro atoms. The third kappa shape index (κ3) is 6.26. The van der Waals surface area contributed by atoms with Crippen molar-refractivity contribution in [1.29, 1.82) is 0 Å². The summed E-state index contributed by atoms with van der Waals surface area (Å²) < 4.78 is 43.8. The molecule has 140 valence electrons. The summed E-state index contributed by atoms with van der Waals surface area (Å²) in [6.45, 7) is 4.38. The minimum atomic E-state index is -3.77. The zero-order chi connectivity index (χ0) is 18.3. The molecule has 0 radical (unpaired) electrons. The van der Waals surface area contributed by atoms with Crippen LogP contribution in [0.15, 0.2) is 24.3 Å². The lowest BCUT2D eigenvalue weighted by Gasteiger charge is -2.24. The Morgan fingerprint density at radius 3 is 2.64 bits per heavy atom. The van der Waals surface area contributed by atoms with E-state index < -0.39 is 28.3 Å². The number of hydrogen-bond donors (Lipinski definition) is 2. The van der Waals surface area contributed by atoms with Gasteiger partial charge in [-0.15, -0.1) is 0 Å². The third-order valence-electron chi connectivity index (χ3n) is 4.04. The van der Waals surface area contributed by atoms with Gasteiger partial charge in [-0.2, -0.15) is 0 Å². The summed E-state index contributed by atoms with van der Waals surface area (Å²) in [5, 5.41) is 2.70. The van der Waals surface area contributed by atoms with Gasteiger partial charge in [-0.1, -0.05) is 12.1 Å². The first-order chi connectivity index (χ1) is 11.9. The second-order valence-corrected chi connectivity index (χ2v) is 7.94. The fraction of sp³-hybridized carbons (Fsp3) is 0.562. The molecule has 2 N–H and O–H groups in total. The average molecular weight is 374 g/mol. The van der Waals surface area contributed by atoms with Gasteiger partial charge in [0.25, 0.3) is 0 Å². The van der Waals surface area contributed by atoms with Crippen molar-refractivity contribution in [2.45, 2.75) is 6.42 Å². The van der Waals surface area contributed by atoms with Gasteiger partial charge in [-0.3, -0.25) is 9.10 Å².